The minimum absolute atomic E-state index is 0.899. The summed E-state index contributed by atoms with van der Waals surface area (Å²) in [4.78, 5) is 4.14. The summed E-state index contributed by atoms with van der Waals surface area (Å²) in [6.07, 6.45) is 8.70. The average Bonchev–Trinajstić information content (AvgIpc) is 2.09. The fourth-order valence-electron chi connectivity index (χ4n) is 0.731. The monoisotopic (exact) mass is 224 g/mol. The van der Waals surface area contributed by atoms with Crippen LogP contribution in [0.1, 0.15) is 5.69 Å². The maximum Gasteiger partial charge on any atom is 0.0771 e. The van der Waals surface area contributed by atoms with Gasteiger partial charge >= 0.3 is 0 Å². The van der Waals surface area contributed by atoms with E-state index < -0.39 is 0 Å². The number of nitrogens with two attached hydrogens (primary N) is 1. The van der Waals surface area contributed by atoms with E-state index in [4.69, 9.17) is 5.73 Å². The van der Waals surface area contributed by atoms with Crippen molar-refractivity contribution >= 4 is 22.0 Å². The Hall–Kier alpha value is -1.09. The van der Waals surface area contributed by atoms with Crippen molar-refractivity contribution in [2.24, 2.45) is 5.73 Å². The zero-order valence-electron chi connectivity index (χ0n) is 6.44. The van der Waals surface area contributed by atoms with Crippen LogP contribution in [-0.4, -0.2) is 4.98 Å². The van der Waals surface area contributed by atoms with Crippen molar-refractivity contribution < 1.29 is 0 Å². The molecule has 3 heteroatoms. The lowest BCUT2D eigenvalue weighted by molar-refractivity contribution is 1.27. The Labute approximate surface area is 79.9 Å². The van der Waals surface area contributed by atoms with E-state index in [9.17, 15) is 0 Å². The number of nitrogens with zero attached hydrogens (tertiary/aromatic N) is 1. The standard InChI is InChI=1S/C9H9BrN2/c10-8-4-3-7-12-9(8)5-1-2-6-11/h1-7H,11H2/b5-1-,6-2+. The third-order valence-corrected chi connectivity index (χ3v) is 1.93. The minimum Gasteiger partial charge on any atom is -0.405 e. The van der Waals surface area contributed by atoms with Crippen LogP contribution in [0, 0.1) is 0 Å². The van der Waals surface area contributed by atoms with Crippen molar-refractivity contribution in [3.05, 3.63) is 46.8 Å². The molecule has 0 spiro atoms. The Bertz CT molecular complexity index is 305. The molecular formula is C9H9BrN2. The zero-order valence-corrected chi connectivity index (χ0v) is 8.03. The second-order valence-corrected chi connectivity index (χ2v) is 2.97. The van der Waals surface area contributed by atoms with E-state index in [1.54, 1.807) is 12.3 Å². The molecule has 2 nitrogen and oxygen atoms in total. The Morgan fingerprint density at radius 2 is 2.25 bits per heavy atom. The van der Waals surface area contributed by atoms with Gasteiger partial charge in [0.05, 0.1) is 5.69 Å². The van der Waals surface area contributed by atoms with Gasteiger partial charge in [0, 0.05) is 10.7 Å². The van der Waals surface area contributed by atoms with Crippen LogP contribution in [0.4, 0.5) is 0 Å². The number of pyridine rings is 1. The zero-order chi connectivity index (χ0) is 8.81. The van der Waals surface area contributed by atoms with Gasteiger partial charge in [-0.1, -0.05) is 6.08 Å². The Balaban J connectivity index is 2.82. The van der Waals surface area contributed by atoms with Crippen LogP contribution in [0.2, 0.25) is 0 Å². The van der Waals surface area contributed by atoms with Gasteiger partial charge in [0.15, 0.2) is 0 Å². The van der Waals surface area contributed by atoms with Crippen molar-refractivity contribution in [3.63, 3.8) is 0 Å². The van der Waals surface area contributed by atoms with Gasteiger partial charge in [-0.3, -0.25) is 4.98 Å². The highest BCUT2D eigenvalue weighted by Crippen LogP contribution is 2.14. The van der Waals surface area contributed by atoms with Crippen LogP contribution >= 0.6 is 15.9 Å². The molecule has 1 aromatic rings. The van der Waals surface area contributed by atoms with Crippen molar-refractivity contribution in [1.29, 1.82) is 0 Å². The second-order valence-electron chi connectivity index (χ2n) is 2.11. The van der Waals surface area contributed by atoms with E-state index in [-0.39, 0.29) is 0 Å². The molecule has 0 aromatic carbocycles. The third kappa shape index (κ3) is 2.51. The largest absolute Gasteiger partial charge is 0.405 e. The predicted octanol–water partition coefficient (Wildman–Crippen LogP) is 2.33. The van der Waals surface area contributed by atoms with E-state index >= 15 is 0 Å². The summed E-state index contributed by atoms with van der Waals surface area (Å²) in [5.74, 6) is 0. The summed E-state index contributed by atoms with van der Waals surface area (Å²) in [7, 11) is 0. The first-order valence-corrected chi connectivity index (χ1v) is 4.29. The molecule has 12 heavy (non-hydrogen) atoms. The molecule has 0 amide bonds. The predicted molar refractivity (Wildman–Crippen MR) is 54.3 cm³/mol. The lowest BCUT2D eigenvalue weighted by Crippen LogP contribution is -1.80. The molecule has 0 saturated heterocycles. The smallest absolute Gasteiger partial charge is 0.0771 e. The SMILES string of the molecule is N/C=C/C=C\c1ncccc1Br. The van der Waals surface area contributed by atoms with Gasteiger partial charge in [0.1, 0.15) is 0 Å². The van der Waals surface area contributed by atoms with E-state index in [0.717, 1.165) is 10.2 Å². The van der Waals surface area contributed by atoms with Crippen LogP contribution in [0.3, 0.4) is 0 Å². The highest BCUT2D eigenvalue weighted by Gasteiger charge is 1.92. The van der Waals surface area contributed by atoms with Gasteiger partial charge in [0.25, 0.3) is 0 Å². The van der Waals surface area contributed by atoms with Crippen LogP contribution in [0.15, 0.2) is 41.2 Å². The molecule has 0 saturated carbocycles. The summed E-state index contributed by atoms with van der Waals surface area (Å²) in [6.45, 7) is 0. The van der Waals surface area contributed by atoms with Gasteiger partial charge < -0.3 is 5.73 Å². The Morgan fingerprint density at radius 3 is 2.92 bits per heavy atom. The molecule has 0 unspecified atom stereocenters. The summed E-state index contributed by atoms with van der Waals surface area (Å²) in [5, 5.41) is 0. The van der Waals surface area contributed by atoms with Crippen molar-refractivity contribution in [1.82, 2.24) is 4.98 Å². The van der Waals surface area contributed by atoms with Crippen molar-refractivity contribution in [3.8, 4) is 0 Å². The van der Waals surface area contributed by atoms with E-state index in [1.165, 1.54) is 6.20 Å². The van der Waals surface area contributed by atoms with Crippen LogP contribution in [-0.2, 0) is 0 Å². The highest BCUT2D eigenvalue weighted by molar-refractivity contribution is 9.10. The first-order chi connectivity index (χ1) is 5.84. The molecule has 1 heterocycles. The quantitative estimate of drug-likeness (QED) is 0.784. The second kappa shape index (κ2) is 4.72. The fraction of sp³-hybridized carbons (Fsp3) is 0. The highest BCUT2D eigenvalue weighted by atomic mass is 79.9. The van der Waals surface area contributed by atoms with Gasteiger partial charge in [0.2, 0.25) is 0 Å². The van der Waals surface area contributed by atoms with Crippen LogP contribution in [0.5, 0.6) is 0 Å². The summed E-state index contributed by atoms with van der Waals surface area (Å²) >= 11 is 3.38. The molecule has 0 radical (unpaired) electrons. The lowest BCUT2D eigenvalue weighted by Gasteiger charge is -1.93. The first kappa shape index (κ1) is 9.00. The molecule has 1 aromatic heterocycles. The maximum absolute atomic E-state index is 5.17. The number of halogens is 1. The molecular weight excluding hydrogens is 216 g/mol. The third-order valence-electron chi connectivity index (χ3n) is 1.26. The number of allylic oxidation sites excluding steroid dienone is 2. The normalized spacial score (nSPS) is 11.4. The van der Waals surface area contributed by atoms with Gasteiger partial charge in [-0.15, -0.1) is 0 Å². The number of rotatable bonds is 2. The summed E-state index contributed by atoms with van der Waals surface area (Å²) < 4.78 is 0.978. The molecule has 0 fully saturated rings. The molecule has 62 valence electrons. The number of hydrogen-bond donors (Lipinski definition) is 1. The summed E-state index contributed by atoms with van der Waals surface area (Å²) in [6, 6.07) is 3.82. The van der Waals surface area contributed by atoms with Gasteiger partial charge in [-0.05, 0) is 46.4 Å². The topological polar surface area (TPSA) is 38.9 Å². The van der Waals surface area contributed by atoms with Crippen molar-refractivity contribution in [2.75, 3.05) is 0 Å². The van der Waals surface area contributed by atoms with E-state index in [0.29, 0.717) is 0 Å². The molecule has 0 atom stereocenters. The molecule has 0 aliphatic heterocycles. The number of hydrogen-bond acceptors (Lipinski definition) is 2. The fourth-order valence-corrected chi connectivity index (χ4v) is 1.12. The van der Waals surface area contributed by atoms with Gasteiger partial charge in [-0.2, -0.15) is 0 Å². The van der Waals surface area contributed by atoms with Crippen molar-refractivity contribution in [2.45, 2.75) is 0 Å². The first-order valence-electron chi connectivity index (χ1n) is 3.50. The molecule has 0 bridgehead atoms. The Kier molecular flexibility index (Phi) is 3.54. The molecule has 0 aliphatic rings. The summed E-state index contributed by atoms with van der Waals surface area (Å²) in [5.41, 5.74) is 6.07. The Morgan fingerprint density at radius 1 is 1.42 bits per heavy atom. The van der Waals surface area contributed by atoms with Crippen LogP contribution < -0.4 is 5.73 Å². The van der Waals surface area contributed by atoms with E-state index in [2.05, 4.69) is 20.9 Å². The van der Waals surface area contributed by atoms with E-state index in [1.807, 2.05) is 24.3 Å². The molecule has 2 N–H and O–H groups in total. The van der Waals surface area contributed by atoms with Gasteiger partial charge in [-0.25, -0.2) is 0 Å². The molecule has 1 rings (SSSR count). The average molecular weight is 225 g/mol. The minimum atomic E-state index is 0.899. The maximum atomic E-state index is 5.17. The molecule has 0 aliphatic carbocycles. The van der Waals surface area contributed by atoms with Crippen LogP contribution in [0.25, 0.3) is 6.08 Å². The number of aromatic nitrogens is 1. The lowest BCUT2D eigenvalue weighted by atomic mass is 10.3.